The van der Waals surface area contributed by atoms with Crippen LogP contribution in [0, 0.1) is 5.92 Å². The molecule has 2 atom stereocenters. The number of benzene rings is 3. The molecule has 0 bridgehead atoms. The van der Waals surface area contributed by atoms with E-state index >= 15 is 0 Å². The molecule has 3 aromatic carbocycles. The number of hydrogen-bond acceptors (Lipinski definition) is 3. The first-order valence-electron chi connectivity index (χ1n) is 9.84. The zero-order valence-electron chi connectivity index (χ0n) is 16.9. The Hall–Kier alpha value is -3.67. The molecule has 0 radical (unpaired) electrons. The Morgan fingerprint density at radius 1 is 0.903 bits per heavy atom. The molecular formula is C25H21F2NO3. The van der Waals surface area contributed by atoms with Gasteiger partial charge in [0.1, 0.15) is 18.3 Å². The summed E-state index contributed by atoms with van der Waals surface area (Å²) in [7, 11) is 1.55. The minimum absolute atomic E-state index is 0.0437. The van der Waals surface area contributed by atoms with Gasteiger partial charge in [-0.1, -0.05) is 60.7 Å². The van der Waals surface area contributed by atoms with Crippen LogP contribution in [-0.4, -0.2) is 13.0 Å². The van der Waals surface area contributed by atoms with Crippen LogP contribution in [0.4, 0.5) is 14.5 Å². The summed E-state index contributed by atoms with van der Waals surface area (Å²) >= 11 is 0. The van der Waals surface area contributed by atoms with Crippen molar-refractivity contribution in [2.75, 3.05) is 12.0 Å². The summed E-state index contributed by atoms with van der Waals surface area (Å²) in [6.45, 7) is -0.0437. The molecule has 158 valence electrons. The monoisotopic (exact) mass is 421 g/mol. The second-order valence-corrected chi connectivity index (χ2v) is 7.14. The molecule has 1 saturated heterocycles. The Morgan fingerprint density at radius 3 is 2.10 bits per heavy atom. The lowest BCUT2D eigenvalue weighted by molar-refractivity contribution is -0.131. The van der Waals surface area contributed by atoms with Gasteiger partial charge in [-0.05, 0) is 35.4 Å². The molecule has 0 saturated carbocycles. The second kappa shape index (κ2) is 9.00. The zero-order chi connectivity index (χ0) is 21.8. The Morgan fingerprint density at radius 2 is 1.52 bits per heavy atom. The highest BCUT2D eigenvalue weighted by Gasteiger charge is 2.53. The standard InChI is InChI=1S/C25H21F2NO3/c1-30-20-14-12-18(13-15-20)22-21(25(29)28(22)19-10-6-3-7-11-19)23(24(26)27)31-16-17-8-4-2-5-9-17/h2-15,21-22H,16H2,1H3/t21-,22-/m1/s1. The van der Waals surface area contributed by atoms with E-state index in [9.17, 15) is 13.6 Å². The van der Waals surface area contributed by atoms with Gasteiger partial charge >= 0.3 is 6.08 Å². The minimum Gasteiger partial charge on any atom is -0.497 e. The molecule has 1 fully saturated rings. The van der Waals surface area contributed by atoms with Crippen LogP contribution in [0.5, 0.6) is 5.75 Å². The Bertz CT molecular complexity index is 1060. The van der Waals surface area contributed by atoms with Crippen LogP contribution in [-0.2, 0) is 16.1 Å². The van der Waals surface area contributed by atoms with Crippen molar-refractivity contribution >= 4 is 11.6 Å². The van der Waals surface area contributed by atoms with Gasteiger partial charge in [-0.25, -0.2) is 0 Å². The average molecular weight is 421 g/mol. The molecule has 31 heavy (non-hydrogen) atoms. The molecule has 0 aromatic heterocycles. The van der Waals surface area contributed by atoms with Gasteiger partial charge < -0.3 is 14.4 Å². The summed E-state index contributed by atoms with van der Waals surface area (Å²) in [4.78, 5) is 14.6. The van der Waals surface area contributed by atoms with Gasteiger partial charge in [0.05, 0.1) is 13.2 Å². The van der Waals surface area contributed by atoms with Crippen LogP contribution in [0.1, 0.15) is 17.2 Å². The van der Waals surface area contributed by atoms with Crippen molar-refractivity contribution in [1.29, 1.82) is 0 Å². The fraction of sp³-hybridized carbons (Fsp3) is 0.160. The Balaban J connectivity index is 1.67. The summed E-state index contributed by atoms with van der Waals surface area (Å²) in [5, 5.41) is 0. The van der Waals surface area contributed by atoms with E-state index in [1.807, 2.05) is 12.1 Å². The number of carbonyl (C=O) groups excluding carboxylic acids is 1. The van der Waals surface area contributed by atoms with Crippen molar-refractivity contribution in [1.82, 2.24) is 0 Å². The maximum Gasteiger partial charge on any atom is 0.308 e. The van der Waals surface area contributed by atoms with Gasteiger partial charge in [-0.2, -0.15) is 8.78 Å². The lowest BCUT2D eigenvalue weighted by Crippen LogP contribution is -2.56. The van der Waals surface area contributed by atoms with Crippen LogP contribution in [0.25, 0.3) is 0 Å². The van der Waals surface area contributed by atoms with Crippen LogP contribution in [0.15, 0.2) is 96.8 Å². The molecule has 0 unspecified atom stereocenters. The first kappa shape index (κ1) is 20.6. The summed E-state index contributed by atoms with van der Waals surface area (Å²) < 4.78 is 38.6. The first-order valence-corrected chi connectivity index (χ1v) is 9.84. The third-order valence-electron chi connectivity index (χ3n) is 5.29. The van der Waals surface area contributed by atoms with E-state index < -0.39 is 29.7 Å². The highest BCUT2D eigenvalue weighted by atomic mass is 19.3. The molecule has 4 nitrogen and oxygen atoms in total. The molecule has 0 N–H and O–H groups in total. The number of amides is 1. The fourth-order valence-corrected chi connectivity index (χ4v) is 3.76. The van der Waals surface area contributed by atoms with E-state index in [1.165, 1.54) is 4.90 Å². The molecule has 0 spiro atoms. The van der Waals surface area contributed by atoms with E-state index in [0.29, 0.717) is 11.4 Å². The number of hydrogen-bond donors (Lipinski definition) is 0. The van der Waals surface area contributed by atoms with E-state index in [-0.39, 0.29) is 6.61 Å². The third kappa shape index (κ3) is 4.14. The number of halogens is 2. The Kier molecular flexibility index (Phi) is 5.98. The topological polar surface area (TPSA) is 38.8 Å². The van der Waals surface area contributed by atoms with Gasteiger partial charge in [-0.3, -0.25) is 4.79 Å². The summed E-state index contributed by atoms with van der Waals surface area (Å²) in [5.41, 5.74) is 2.11. The van der Waals surface area contributed by atoms with Crippen LogP contribution in [0.2, 0.25) is 0 Å². The van der Waals surface area contributed by atoms with Crippen LogP contribution < -0.4 is 9.64 Å². The van der Waals surface area contributed by atoms with E-state index in [0.717, 1.165) is 11.1 Å². The molecule has 1 amide bonds. The first-order chi connectivity index (χ1) is 15.1. The number of rotatable bonds is 7. The molecule has 1 heterocycles. The lowest BCUT2D eigenvalue weighted by atomic mass is 9.80. The van der Waals surface area contributed by atoms with Crippen molar-refractivity contribution in [2.24, 2.45) is 5.92 Å². The average Bonchev–Trinajstić information content (AvgIpc) is 2.81. The number of anilines is 1. The van der Waals surface area contributed by atoms with Gasteiger partial charge in [0.15, 0.2) is 5.76 Å². The van der Waals surface area contributed by atoms with Crippen molar-refractivity contribution in [3.8, 4) is 5.75 Å². The highest BCUT2D eigenvalue weighted by molar-refractivity contribution is 6.04. The number of methoxy groups -OCH3 is 1. The van der Waals surface area contributed by atoms with Crippen molar-refractivity contribution in [3.05, 3.63) is 108 Å². The second-order valence-electron chi connectivity index (χ2n) is 7.14. The highest BCUT2D eigenvalue weighted by Crippen LogP contribution is 2.48. The number of β-lactam (4-membered cyclic amide) rings is 1. The maximum absolute atomic E-state index is 13.9. The normalized spacial score (nSPS) is 17.6. The van der Waals surface area contributed by atoms with E-state index in [2.05, 4.69) is 0 Å². The predicted molar refractivity (Wildman–Crippen MR) is 114 cm³/mol. The number of nitrogens with zero attached hydrogens (tertiary/aromatic N) is 1. The summed E-state index contributed by atoms with van der Waals surface area (Å²) in [6.07, 6.45) is -1.99. The number of para-hydroxylation sites is 1. The van der Waals surface area contributed by atoms with E-state index in [1.54, 1.807) is 79.9 Å². The van der Waals surface area contributed by atoms with Gasteiger partial charge in [0.2, 0.25) is 5.91 Å². The third-order valence-corrected chi connectivity index (χ3v) is 5.29. The summed E-state index contributed by atoms with van der Waals surface area (Å²) in [5.74, 6) is -1.47. The van der Waals surface area contributed by atoms with Gasteiger partial charge in [0.25, 0.3) is 0 Å². The van der Waals surface area contributed by atoms with Gasteiger partial charge in [-0.15, -0.1) is 0 Å². The number of ether oxygens (including phenoxy) is 2. The molecule has 4 rings (SSSR count). The molecule has 6 heteroatoms. The number of carbonyl (C=O) groups is 1. The maximum atomic E-state index is 13.9. The zero-order valence-corrected chi connectivity index (χ0v) is 16.9. The SMILES string of the molecule is COc1ccc([C@@H]2[C@H](C(OCc3ccccc3)=C(F)F)C(=O)N2c2ccccc2)cc1. The van der Waals surface area contributed by atoms with Crippen LogP contribution in [0.3, 0.4) is 0 Å². The Labute approximate surface area is 179 Å². The smallest absolute Gasteiger partial charge is 0.308 e. The fourth-order valence-electron chi connectivity index (χ4n) is 3.76. The largest absolute Gasteiger partial charge is 0.497 e. The predicted octanol–water partition coefficient (Wildman–Crippen LogP) is 5.72. The van der Waals surface area contributed by atoms with Gasteiger partial charge in [0, 0.05) is 5.69 Å². The molecule has 1 aliphatic rings. The minimum atomic E-state index is -1.99. The van der Waals surface area contributed by atoms with Crippen molar-refractivity contribution < 1.29 is 23.0 Å². The van der Waals surface area contributed by atoms with E-state index in [4.69, 9.17) is 9.47 Å². The van der Waals surface area contributed by atoms with Crippen molar-refractivity contribution in [3.63, 3.8) is 0 Å². The van der Waals surface area contributed by atoms with Crippen LogP contribution >= 0.6 is 0 Å². The molecule has 0 aliphatic carbocycles. The summed E-state index contributed by atoms with van der Waals surface area (Å²) in [6, 6.07) is 24.5. The molecule has 1 aliphatic heterocycles. The molecule has 3 aromatic rings. The molecular weight excluding hydrogens is 400 g/mol. The quantitative estimate of drug-likeness (QED) is 0.362. The lowest BCUT2D eigenvalue weighted by Gasteiger charge is -2.47. The van der Waals surface area contributed by atoms with Crippen molar-refractivity contribution in [2.45, 2.75) is 12.6 Å².